The minimum atomic E-state index is -0.744. The Hall–Kier alpha value is -1.69. The molecule has 0 saturated carbocycles. The van der Waals surface area contributed by atoms with Gasteiger partial charge in [0, 0.05) is 13.1 Å². The molecule has 106 valence electrons. The lowest BCUT2D eigenvalue weighted by molar-refractivity contribution is -0.128. The molecule has 1 aromatic rings. The molecule has 0 aliphatic rings. The highest BCUT2D eigenvalue weighted by molar-refractivity contribution is 6.33. The number of rotatable bonds is 5. The number of halogens is 2. The molecule has 0 aliphatic heterocycles. The van der Waals surface area contributed by atoms with Gasteiger partial charge in [-0.25, -0.2) is 4.39 Å². The molecule has 0 saturated heterocycles. The van der Waals surface area contributed by atoms with Crippen LogP contribution in [0, 0.1) is 5.82 Å². The number of nitrogens with two attached hydrogens (primary N) is 2. The number of amides is 1. The second-order valence-electron chi connectivity index (χ2n) is 3.98. The van der Waals surface area contributed by atoms with Gasteiger partial charge in [0.05, 0.1) is 23.6 Å². The second-order valence-corrected chi connectivity index (χ2v) is 4.36. The Morgan fingerprint density at radius 3 is 2.47 bits per heavy atom. The highest BCUT2D eigenvalue weighted by Crippen LogP contribution is 2.33. The van der Waals surface area contributed by atoms with E-state index in [1.807, 2.05) is 13.8 Å². The highest BCUT2D eigenvalue weighted by Gasteiger charge is 2.16. The van der Waals surface area contributed by atoms with Crippen molar-refractivity contribution in [1.29, 1.82) is 0 Å². The smallest absolute Gasteiger partial charge is 0.241 e. The average Bonchev–Trinajstić information content (AvgIpc) is 2.37. The van der Waals surface area contributed by atoms with Gasteiger partial charge in [-0.3, -0.25) is 4.79 Å². The molecule has 19 heavy (non-hydrogen) atoms. The van der Waals surface area contributed by atoms with Gasteiger partial charge in [-0.15, -0.1) is 0 Å². The quantitative estimate of drug-likeness (QED) is 0.723. The predicted molar refractivity (Wildman–Crippen MR) is 76.7 cm³/mol. The van der Waals surface area contributed by atoms with E-state index in [0.717, 1.165) is 0 Å². The lowest BCUT2D eigenvalue weighted by Gasteiger charge is -2.20. The Labute approximate surface area is 116 Å². The van der Waals surface area contributed by atoms with Crippen LogP contribution in [0.1, 0.15) is 13.8 Å². The monoisotopic (exact) mass is 288 g/mol. The van der Waals surface area contributed by atoms with Crippen molar-refractivity contribution < 1.29 is 9.18 Å². The molecule has 1 aromatic carbocycles. The third-order valence-corrected chi connectivity index (χ3v) is 3.18. The van der Waals surface area contributed by atoms with E-state index in [1.54, 1.807) is 4.90 Å². The minimum absolute atomic E-state index is 0.000272. The fourth-order valence-corrected chi connectivity index (χ4v) is 1.85. The van der Waals surface area contributed by atoms with Gasteiger partial charge in [0.25, 0.3) is 0 Å². The molecular weight excluding hydrogens is 271 g/mol. The molecule has 5 nitrogen and oxygen atoms in total. The Balaban J connectivity index is 2.84. The number of carbonyl (C=O) groups excluding carboxylic acids is 1. The number of hydrogen-bond donors (Lipinski definition) is 3. The Morgan fingerprint density at radius 2 is 1.95 bits per heavy atom. The summed E-state index contributed by atoms with van der Waals surface area (Å²) >= 11 is 5.70. The van der Waals surface area contributed by atoms with Gasteiger partial charge in [0.15, 0.2) is 5.82 Å². The van der Waals surface area contributed by atoms with Gasteiger partial charge in [0.2, 0.25) is 5.91 Å². The molecular formula is C12H18ClFN4O. The minimum Gasteiger partial charge on any atom is -0.397 e. The van der Waals surface area contributed by atoms with Crippen LogP contribution in [0.3, 0.4) is 0 Å². The van der Waals surface area contributed by atoms with Crippen molar-refractivity contribution >= 4 is 34.6 Å². The van der Waals surface area contributed by atoms with E-state index in [9.17, 15) is 9.18 Å². The number of carbonyl (C=O) groups is 1. The molecule has 0 fully saturated rings. The molecule has 1 amide bonds. The van der Waals surface area contributed by atoms with Gasteiger partial charge in [-0.1, -0.05) is 11.6 Å². The van der Waals surface area contributed by atoms with Crippen LogP contribution in [-0.4, -0.2) is 30.4 Å². The predicted octanol–water partition coefficient (Wildman–Crippen LogP) is 1.92. The maximum Gasteiger partial charge on any atom is 0.241 e. The highest BCUT2D eigenvalue weighted by atomic mass is 35.5. The van der Waals surface area contributed by atoms with Crippen LogP contribution in [0.2, 0.25) is 5.02 Å². The summed E-state index contributed by atoms with van der Waals surface area (Å²) in [6.07, 6.45) is 0. The van der Waals surface area contributed by atoms with Crippen molar-refractivity contribution in [3.8, 4) is 0 Å². The fraction of sp³-hybridized carbons (Fsp3) is 0.417. The summed E-state index contributed by atoms with van der Waals surface area (Å²) in [6, 6.07) is 1.36. The molecule has 0 heterocycles. The van der Waals surface area contributed by atoms with Gasteiger partial charge in [-0.2, -0.15) is 0 Å². The van der Waals surface area contributed by atoms with Crippen molar-refractivity contribution in [3.05, 3.63) is 16.9 Å². The van der Waals surface area contributed by atoms with Crippen molar-refractivity contribution in [2.24, 2.45) is 0 Å². The van der Waals surface area contributed by atoms with Crippen molar-refractivity contribution in [2.75, 3.05) is 36.4 Å². The zero-order valence-corrected chi connectivity index (χ0v) is 11.7. The van der Waals surface area contributed by atoms with Crippen LogP contribution >= 0.6 is 11.6 Å². The number of nitrogen functional groups attached to an aromatic ring is 2. The SMILES string of the molecule is CCN(CC)C(=O)CNc1c(N)cc(N)c(Cl)c1F. The molecule has 5 N–H and O–H groups in total. The molecule has 1 rings (SSSR count). The van der Waals surface area contributed by atoms with E-state index in [2.05, 4.69) is 5.32 Å². The third kappa shape index (κ3) is 3.41. The lowest BCUT2D eigenvalue weighted by Crippen LogP contribution is -2.35. The van der Waals surface area contributed by atoms with E-state index >= 15 is 0 Å². The first kappa shape index (κ1) is 15.4. The summed E-state index contributed by atoms with van der Waals surface area (Å²) in [5.41, 5.74) is 11.3. The summed E-state index contributed by atoms with van der Waals surface area (Å²) in [7, 11) is 0. The first-order valence-electron chi connectivity index (χ1n) is 5.96. The summed E-state index contributed by atoms with van der Waals surface area (Å²) in [5.74, 6) is -0.886. The summed E-state index contributed by atoms with van der Waals surface area (Å²) < 4.78 is 13.9. The van der Waals surface area contributed by atoms with Gasteiger partial charge in [0.1, 0.15) is 5.02 Å². The standard InChI is InChI=1S/C12H18ClFN4O/c1-3-18(4-2)9(19)6-17-12-8(16)5-7(15)10(13)11(12)14/h5,17H,3-4,6,15-16H2,1-2H3. The van der Waals surface area contributed by atoms with Crippen molar-refractivity contribution in [3.63, 3.8) is 0 Å². The van der Waals surface area contributed by atoms with Gasteiger partial charge in [-0.05, 0) is 19.9 Å². The largest absolute Gasteiger partial charge is 0.397 e. The summed E-state index contributed by atoms with van der Waals surface area (Å²) in [5, 5.41) is 2.47. The Morgan fingerprint density at radius 1 is 1.37 bits per heavy atom. The van der Waals surface area contributed by atoms with Crippen LogP contribution < -0.4 is 16.8 Å². The van der Waals surface area contributed by atoms with E-state index in [-0.39, 0.29) is 34.5 Å². The average molecular weight is 289 g/mol. The normalized spacial score (nSPS) is 10.3. The molecule has 0 aromatic heterocycles. The van der Waals surface area contributed by atoms with Crippen LogP contribution in [0.25, 0.3) is 0 Å². The zero-order valence-electron chi connectivity index (χ0n) is 11.0. The number of likely N-dealkylation sites (N-methyl/N-ethyl adjacent to an activating group) is 1. The molecule has 0 radical (unpaired) electrons. The van der Waals surface area contributed by atoms with Crippen LogP contribution in [0.4, 0.5) is 21.5 Å². The second kappa shape index (κ2) is 6.47. The van der Waals surface area contributed by atoms with E-state index in [0.29, 0.717) is 13.1 Å². The molecule has 0 atom stereocenters. The molecule has 0 aliphatic carbocycles. The Kier molecular flexibility index (Phi) is 5.23. The van der Waals surface area contributed by atoms with E-state index < -0.39 is 5.82 Å². The van der Waals surface area contributed by atoms with Crippen molar-refractivity contribution in [1.82, 2.24) is 4.90 Å². The third-order valence-electron chi connectivity index (χ3n) is 2.80. The Bertz CT molecular complexity index is 477. The van der Waals surface area contributed by atoms with E-state index in [1.165, 1.54) is 6.07 Å². The number of benzene rings is 1. The maximum atomic E-state index is 13.9. The van der Waals surface area contributed by atoms with Crippen LogP contribution in [0.15, 0.2) is 6.07 Å². The lowest BCUT2D eigenvalue weighted by atomic mass is 10.2. The topological polar surface area (TPSA) is 84.4 Å². The molecule has 0 spiro atoms. The summed E-state index contributed by atoms with van der Waals surface area (Å²) in [4.78, 5) is 13.4. The van der Waals surface area contributed by atoms with E-state index in [4.69, 9.17) is 23.1 Å². The number of nitrogens with zero attached hydrogens (tertiary/aromatic N) is 1. The number of nitrogens with one attached hydrogen (secondary N) is 1. The molecule has 7 heteroatoms. The first-order valence-corrected chi connectivity index (χ1v) is 6.34. The van der Waals surface area contributed by atoms with Gasteiger partial charge >= 0.3 is 0 Å². The van der Waals surface area contributed by atoms with Crippen molar-refractivity contribution in [2.45, 2.75) is 13.8 Å². The van der Waals surface area contributed by atoms with Gasteiger partial charge < -0.3 is 21.7 Å². The zero-order chi connectivity index (χ0) is 14.6. The summed E-state index contributed by atoms with van der Waals surface area (Å²) in [6.45, 7) is 4.88. The fourth-order valence-electron chi connectivity index (χ4n) is 1.70. The number of hydrogen-bond acceptors (Lipinski definition) is 4. The molecule has 0 unspecified atom stereocenters. The van der Waals surface area contributed by atoms with Crippen LogP contribution in [-0.2, 0) is 4.79 Å². The maximum absolute atomic E-state index is 13.9. The molecule has 0 bridgehead atoms. The number of anilines is 3. The van der Waals surface area contributed by atoms with Crippen LogP contribution in [0.5, 0.6) is 0 Å². The first-order chi connectivity index (χ1) is 8.92.